The zero-order valence-electron chi connectivity index (χ0n) is 15.6. The first-order valence-electron chi connectivity index (χ1n) is 8.56. The Labute approximate surface area is 174 Å². The topological polar surface area (TPSA) is 127 Å². The van der Waals surface area contributed by atoms with Crippen molar-refractivity contribution >= 4 is 46.1 Å². The summed E-state index contributed by atoms with van der Waals surface area (Å²) in [7, 11) is 2.70. The SMILES string of the molecule is CN1C(=O)C(=C2c3ccccc3-c3c2cc([N+](=O)[O-])cc3[N+](=O)[O-])C(=S)N(C)C1=O. The quantitative estimate of drug-likeness (QED) is 0.268. The molecule has 0 radical (unpaired) electrons. The van der Waals surface area contributed by atoms with E-state index in [2.05, 4.69) is 0 Å². The van der Waals surface area contributed by atoms with Gasteiger partial charge in [-0.3, -0.25) is 34.8 Å². The highest BCUT2D eigenvalue weighted by Crippen LogP contribution is 2.51. The Morgan fingerprint density at radius 3 is 2.10 bits per heavy atom. The van der Waals surface area contributed by atoms with Crippen LogP contribution in [0, 0.1) is 20.2 Å². The number of carbonyl (C=O) groups excluding carboxylic acids is 2. The van der Waals surface area contributed by atoms with Gasteiger partial charge in [-0.1, -0.05) is 36.5 Å². The molecule has 0 bridgehead atoms. The summed E-state index contributed by atoms with van der Waals surface area (Å²) in [5, 5.41) is 23.1. The number of hydrogen-bond donors (Lipinski definition) is 0. The zero-order chi connectivity index (χ0) is 21.9. The maximum Gasteiger partial charge on any atom is 0.331 e. The molecular weight excluding hydrogens is 412 g/mol. The third-order valence-corrected chi connectivity index (χ3v) is 5.58. The minimum atomic E-state index is -0.735. The third kappa shape index (κ3) is 2.52. The zero-order valence-corrected chi connectivity index (χ0v) is 16.4. The molecule has 1 fully saturated rings. The number of fused-ring (bicyclic) bond motifs is 3. The summed E-state index contributed by atoms with van der Waals surface area (Å²) >= 11 is 5.35. The number of thiocarbonyl (C=S) groups is 1. The predicted molar refractivity (Wildman–Crippen MR) is 110 cm³/mol. The number of carbonyl (C=O) groups is 2. The molecule has 150 valence electrons. The number of nitro groups is 2. The highest BCUT2D eigenvalue weighted by atomic mass is 32.1. The number of nitro benzene ring substituents is 2. The Balaban J connectivity index is 2.17. The molecule has 1 heterocycles. The van der Waals surface area contributed by atoms with Crippen molar-refractivity contribution < 1.29 is 19.4 Å². The predicted octanol–water partition coefficient (Wildman–Crippen LogP) is 3.14. The highest BCUT2D eigenvalue weighted by Gasteiger charge is 2.42. The number of amides is 3. The number of rotatable bonds is 2. The molecule has 2 aromatic rings. The molecule has 10 nitrogen and oxygen atoms in total. The molecule has 2 aromatic carbocycles. The number of nitrogens with zero attached hydrogens (tertiary/aromatic N) is 4. The summed E-state index contributed by atoms with van der Waals surface area (Å²) in [5.74, 6) is -0.685. The molecule has 0 spiro atoms. The fourth-order valence-electron chi connectivity index (χ4n) is 3.71. The maximum atomic E-state index is 13.0. The van der Waals surface area contributed by atoms with Crippen LogP contribution in [0.2, 0.25) is 0 Å². The molecule has 1 aliphatic heterocycles. The standard InChI is InChI=1S/C19H12N4O6S/c1-20-17(24)16(18(30)21(2)19(20)25)15-11-6-4-3-5-10(11)14-12(15)7-9(22(26)27)8-13(14)23(28)29/h3-8H,1-2H3. The van der Waals surface area contributed by atoms with Gasteiger partial charge < -0.3 is 0 Å². The second kappa shape index (κ2) is 6.52. The smallest absolute Gasteiger partial charge is 0.287 e. The molecule has 2 aliphatic rings. The van der Waals surface area contributed by atoms with Gasteiger partial charge in [0.25, 0.3) is 17.3 Å². The first kappa shape index (κ1) is 19.3. The molecule has 11 heteroatoms. The van der Waals surface area contributed by atoms with Crippen LogP contribution in [0.3, 0.4) is 0 Å². The van der Waals surface area contributed by atoms with Crippen LogP contribution in [0.4, 0.5) is 16.2 Å². The average Bonchev–Trinajstić information content (AvgIpc) is 3.04. The van der Waals surface area contributed by atoms with Gasteiger partial charge in [0.2, 0.25) is 0 Å². The van der Waals surface area contributed by atoms with Crippen molar-refractivity contribution in [2.24, 2.45) is 0 Å². The Morgan fingerprint density at radius 1 is 0.867 bits per heavy atom. The lowest BCUT2D eigenvalue weighted by atomic mass is 9.95. The van der Waals surface area contributed by atoms with Gasteiger partial charge in [0.15, 0.2) is 0 Å². The summed E-state index contributed by atoms with van der Waals surface area (Å²) < 4.78 is 0. The van der Waals surface area contributed by atoms with Crippen molar-refractivity contribution in [2.75, 3.05) is 14.1 Å². The summed E-state index contributed by atoms with van der Waals surface area (Å²) in [6.07, 6.45) is 0. The fraction of sp³-hybridized carbons (Fsp3) is 0.105. The minimum absolute atomic E-state index is 0.0180. The van der Waals surface area contributed by atoms with Crippen LogP contribution in [0.1, 0.15) is 11.1 Å². The molecule has 0 unspecified atom stereocenters. The third-order valence-electron chi connectivity index (χ3n) is 5.11. The van der Waals surface area contributed by atoms with E-state index in [0.717, 1.165) is 15.9 Å². The van der Waals surface area contributed by atoms with E-state index in [9.17, 15) is 29.8 Å². The van der Waals surface area contributed by atoms with E-state index in [4.69, 9.17) is 12.2 Å². The molecule has 0 N–H and O–H groups in total. The van der Waals surface area contributed by atoms with E-state index in [-0.39, 0.29) is 27.3 Å². The first-order chi connectivity index (χ1) is 14.1. The number of non-ortho nitro benzene ring substituents is 1. The van der Waals surface area contributed by atoms with Crippen LogP contribution >= 0.6 is 12.2 Å². The van der Waals surface area contributed by atoms with Gasteiger partial charge in [-0.15, -0.1) is 0 Å². The van der Waals surface area contributed by atoms with Gasteiger partial charge >= 0.3 is 6.03 Å². The first-order valence-corrected chi connectivity index (χ1v) is 8.97. The van der Waals surface area contributed by atoms with Crippen LogP contribution < -0.4 is 0 Å². The Morgan fingerprint density at radius 2 is 1.50 bits per heavy atom. The second-order valence-corrected chi connectivity index (χ2v) is 7.09. The van der Waals surface area contributed by atoms with E-state index < -0.39 is 33.2 Å². The largest absolute Gasteiger partial charge is 0.331 e. The minimum Gasteiger partial charge on any atom is -0.287 e. The monoisotopic (exact) mass is 424 g/mol. The van der Waals surface area contributed by atoms with E-state index in [1.165, 1.54) is 20.2 Å². The number of benzene rings is 2. The summed E-state index contributed by atoms with van der Waals surface area (Å²) in [6, 6.07) is 8.11. The number of urea groups is 1. The number of imide groups is 1. The summed E-state index contributed by atoms with van der Waals surface area (Å²) in [5.41, 5.74) is 0.518. The van der Waals surface area contributed by atoms with E-state index in [1.54, 1.807) is 24.3 Å². The van der Waals surface area contributed by atoms with Crippen molar-refractivity contribution in [1.82, 2.24) is 9.80 Å². The molecule has 0 saturated carbocycles. The van der Waals surface area contributed by atoms with Gasteiger partial charge in [0.05, 0.1) is 27.0 Å². The van der Waals surface area contributed by atoms with Crippen LogP contribution in [0.25, 0.3) is 16.7 Å². The lowest BCUT2D eigenvalue weighted by Crippen LogP contribution is -2.52. The van der Waals surface area contributed by atoms with Gasteiger partial charge in [0.1, 0.15) is 4.99 Å². The summed E-state index contributed by atoms with van der Waals surface area (Å²) in [6.45, 7) is 0. The summed E-state index contributed by atoms with van der Waals surface area (Å²) in [4.78, 5) is 48.9. The van der Waals surface area contributed by atoms with Gasteiger partial charge in [-0.05, 0) is 11.1 Å². The molecule has 4 rings (SSSR count). The highest BCUT2D eigenvalue weighted by molar-refractivity contribution is 7.81. The number of likely N-dealkylation sites (N-methyl/N-ethyl adjacent to an activating group) is 2. The van der Waals surface area contributed by atoms with Crippen molar-refractivity contribution in [2.45, 2.75) is 0 Å². The number of hydrogen-bond acceptors (Lipinski definition) is 7. The molecule has 0 aromatic heterocycles. The molecule has 0 atom stereocenters. The molecule has 1 saturated heterocycles. The average molecular weight is 424 g/mol. The van der Waals surface area contributed by atoms with E-state index in [1.807, 2.05) is 0 Å². The van der Waals surface area contributed by atoms with Gasteiger partial charge in [-0.2, -0.15) is 0 Å². The van der Waals surface area contributed by atoms with Crippen LogP contribution in [0.5, 0.6) is 0 Å². The van der Waals surface area contributed by atoms with Gasteiger partial charge in [0, 0.05) is 31.3 Å². The fourth-order valence-corrected chi connectivity index (χ4v) is 3.98. The van der Waals surface area contributed by atoms with E-state index in [0.29, 0.717) is 11.1 Å². The molecule has 3 amide bonds. The van der Waals surface area contributed by atoms with Crippen LogP contribution in [-0.4, -0.2) is 50.7 Å². The van der Waals surface area contributed by atoms with E-state index >= 15 is 0 Å². The maximum absolute atomic E-state index is 13.0. The molecule has 1 aliphatic carbocycles. The Hall–Kier alpha value is -3.99. The van der Waals surface area contributed by atoms with Gasteiger partial charge in [-0.25, -0.2) is 4.79 Å². The lowest BCUT2D eigenvalue weighted by Gasteiger charge is -2.32. The van der Waals surface area contributed by atoms with Crippen molar-refractivity contribution in [3.8, 4) is 11.1 Å². The van der Waals surface area contributed by atoms with Crippen molar-refractivity contribution in [3.63, 3.8) is 0 Å². The normalized spacial score (nSPS) is 17.9. The molecule has 30 heavy (non-hydrogen) atoms. The van der Waals surface area contributed by atoms with Crippen LogP contribution in [-0.2, 0) is 4.79 Å². The second-order valence-electron chi connectivity index (χ2n) is 6.71. The Bertz CT molecular complexity index is 1230. The van der Waals surface area contributed by atoms with Crippen molar-refractivity contribution in [1.29, 1.82) is 0 Å². The Kier molecular flexibility index (Phi) is 4.20. The van der Waals surface area contributed by atoms with Crippen LogP contribution in [0.15, 0.2) is 42.0 Å². The van der Waals surface area contributed by atoms with Crippen molar-refractivity contribution in [3.05, 3.63) is 73.3 Å². The lowest BCUT2D eigenvalue weighted by molar-refractivity contribution is -0.393. The molecular formula is C19H12N4O6S.